The highest BCUT2D eigenvalue weighted by molar-refractivity contribution is 7.19. The van der Waals surface area contributed by atoms with Crippen LogP contribution in [0.2, 0.25) is 4.34 Å². The predicted octanol–water partition coefficient (Wildman–Crippen LogP) is 6.21. The van der Waals surface area contributed by atoms with Crippen molar-refractivity contribution in [1.29, 1.82) is 5.41 Å². The maximum Gasteiger partial charge on any atom is 0.142 e. The van der Waals surface area contributed by atoms with E-state index in [1.165, 1.54) is 0 Å². The van der Waals surface area contributed by atoms with Gasteiger partial charge in [0, 0.05) is 32.9 Å². The normalized spacial score (nSPS) is 15.0. The van der Waals surface area contributed by atoms with Crippen molar-refractivity contribution in [3.63, 3.8) is 0 Å². The Labute approximate surface area is 150 Å². The number of carbonyl (C=O) groups excluding carboxylic acids is 1. The van der Waals surface area contributed by atoms with Gasteiger partial charge in [0.25, 0.3) is 0 Å². The highest BCUT2D eigenvalue weighted by Gasteiger charge is 2.30. The van der Waals surface area contributed by atoms with Gasteiger partial charge in [-0.05, 0) is 30.5 Å². The van der Waals surface area contributed by atoms with Gasteiger partial charge >= 0.3 is 0 Å². The first-order valence-corrected chi connectivity index (χ1v) is 9.40. The second kappa shape index (κ2) is 7.12. The molecule has 1 unspecified atom stereocenters. The Balaban J connectivity index is 2.26. The molecule has 2 nitrogen and oxygen atoms in total. The number of allylic oxidation sites excluding steroid dienone is 1. The van der Waals surface area contributed by atoms with Crippen molar-refractivity contribution in [2.75, 3.05) is 0 Å². The zero-order valence-corrected chi connectivity index (χ0v) is 15.9. The minimum absolute atomic E-state index is 0.0778. The maximum absolute atomic E-state index is 12.4. The molecule has 122 valence electrons. The largest absolute Gasteiger partial charge is 0.309 e. The molecule has 0 saturated carbocycles. The standard InChI is InChI=1S/C18H20ClNOS2/c1-5-18(4,9-14(21)11(2)12(3)20)16-8-13(10-22-16)15-6-7-17(19)23-15/h5-8,10-11,20H,1,9H2,2-4H3/t11?,18-/m0/s1. The smallest absolute Gasteiger partial charge is 0.142 e. The second-order valence-corrected chi connectivity index (χ2v) is 8.60. The number of halogens is 1. The molecule has 0 aliphatic carbocycles. The molecule has 0 saturated heterocycles. The van der Waals surface area contributed by atoms with Crippen LogP contribution in [0.1, 0.15) is 32.1 Å². The van der Waals surface area contributed by atoms with Crippen molar-refractivity contribution in [3.8, 4) is 10.4 Å². The molecule has 1 N–H and O–H groups in total. The highest BCUT2D eigenvalue weighted by atomic mass is 35.5. The number of nitrogens with one attached hydrogen (secondary N) is 1. The number of hydrogen-bond acceptors (Lipinski definition) is 4. The molecule has 2 rings (SSSR count). The first-order chi connectivity index (χ1) is 10.8. The Kier molecular flexibility index (Phi) is 5.61. The van der Waals surface area contributed by atoms with Crippen LogP contribution in [-0.2, 0) is 10.2 Å². The first kappa shape index (κ1) is 18.1. The van der Waals surface area contributed by atoms with Crippen LogP contribution >= 0.6 is 34.3 Å². The van der Waals surface area contributed by atoms with E-state index in [0.717, 1.165) is 19.7 Å². The number of thiophene rings is 2. The summed E-state index contributed by atoms with van der Waals surface area (Å²) in [6.07, 6.45) is 2.20. The average molecular weight is 366 g/mol. The first-order valence-electron chi connectivity index (χ1n) is 7.33. The van der Waals surface area contributed by atoms with Crippen LogP contribution < -0.4 is 0 Å². The van der Waals surface area contributed by atoms with E-state index in [-0.39, 0.29) is 11.7 Å². The molecule has 23 heavy (non-hydrogen) atoms. The van der Waals surface area contributed by atoms with Crippen LogP contribution in [0.15, 0.2) is 36.2 Å². The van der Waals surface area contributed by atoms with E-state index in [4.69, 9.17) is 17.0 Å². The quantitative estimate of drug-likeness (QED) is 0.460. The molecular formula is C18H20ClNOS2. The topological polar surface area (TPSA) is 40.9 Å². The Hall–Kier alpha value is -1.23. The molecule has 0 aliphatic heterocycles. The van der Waals surface area contributed by atoms with Crippen molar-refractivity contribution < 1.29 is 4.79 Å². The van der Waals surface area contributed by atoms with Crippen LogP contribution in [-0.4, -0.2) is 11.5 Å². The summed E-state index contributed by atoms with van der Waals surface area (Å²) < 4.78 is 0.768. The Morgan fingerprint density at radius 3 is 2.74 bits per heavy atom. The van der Waals surface area contributed by atoms with Crippen LogP contribution in [0.4, 0.5) is 0 Å². The van der Waals surface area contributed by atoms with E-state index >= 15 is 0 Å². The third kappa shape index (κ3) is 4.00. The molecule has 0 bridgehead atoms. The molecule has 2 heterocycles. The lowest BCUT2D eigenvalue weighted by Gasteiger charge is -2.25. The summed E-state index contributed by atoms with van der Waals surface area (Å²) in [7, 11) is 0. The molecule has 2 atom stereocenters. The summed E-state index contributed by atoms with van der Waals surface area (Å²) in [5.41, 5.74) is 1.12. The Morgan fingerprint density at radius 2 is 2.22 bits per heavy atom. The van der Waals surface area contributed by atoms with Gasteiger partial charge in [-0.15, -0.1) is 29.3 Å². The van der Waals surface area contributed by atoms with E-state index in [0.29, 0.717) is 12.1 Å². The molecule has 5 heteroatoms. The fourth-order valence-electron chi connectivity index (χ4n) is 2.25. The van der Waals surface area contributed by atoms with E-state index in [9.17, 15) is 4.79 Å². The molecule has 0 fully saturated rings. The summed E-state index contributed by atoms with van der Waals surface area (Å²) in [6, 6.07) is 6.02. The summed E-state index contributed by atoms with van der Waals surface area (Å²) >= 11 is 9.19. The molecule has 2 aromatic heterocycles. The predicted molar refractivity (Wildman–Crippen MR) is 102 cm³/mol. The molecule has 0 spiro atoms. The van der Waals surface area contributed by atoms with Crippen molar-refractivity contribution in [1.82, 2.24) is 0 Å². The van der Waals surface area contributed by atoms with E-state index in [1.54, 1.807) is 36.5 Å². The maximum atomic E-state index is 12.4. The van der Waals surface area contributed by atoms with Crippen LogP contribution in [0, 0.1) is 11.3 Å². The van der Waals surface area contributed by atoms with Crippen molar-refractivity contribution in [2.24, 2.45) is 5.92 Å². The molecular weight excluding hydrogens is 346 g/mol. The van der Waals surface area contributed by atoms with Gasteiger partial charge in [0.2, 0.25) is 0 Å². The van der Waals surface area contributed by atoms with Gasteiger partial charge in [-0.1, -0.05) is 31.5 Å². The third-order valence-electron chi connectivity index (χ3n) is 4.14. The lowest BCUT2D eigenvalue weighted by molar-refractivity contribution is -0.121. The number of ketones is 1. The van der Waals surface area contributed by atoms with Gasteiger partial charge in [0.15, 0.2) is 0 Å². The Bertz CT molecular complexity index is 746. The van der Waals surface area contributed by atoms with Crippen LogP contribution in [0.25, 0.3) is 10.4 Å². The summed E-state index contributed by atoms with van der Waals surface area (Å²) in [5, 5.41) is 9.76. The van der Waals surface area contributed by atoms with Gasteiger partial charge in [0.05, 0.1) is 10.3 Å². The lowest BCUT2D eigenvalue weighted by Crippen LogP contribution is -2.27. The fourth-order valence-corrected chi connectivity index (χ4v) is 4.42. The number of rotatable bonds is 7. The minimum Gasteiger partial charge on any atom is -0.309 e. The number of Topliss-reactive ketones (excluding diaryl/α,β-unsaturated/α-hetero) is 1. The summed E-state index contributed by atoms with van der Waals surface area (Å²) in [6.45, 7) is 9.43. The fraction of sp³-hybridized carbons (Fsp3) is 0.333. The number of carbonyl (C=O) groups is 1. The van der Waals surface area contributed by atoms with Crippen molar-refractivity contribution in [2.45, 2.75) is 32.6 Å². The van der Waals surface area contributed by atoms with E-state index in [2.05, 4.69) is 18.0 Å². The molecule has 0 aliphatic rings. The molecule has 2 aromatic rings. The van der Waals surface area contributed by atoms with Crippen LogP contribution in [0.3, 0.4) is 0 Å². The SMILES string of the molecule is C=C[C@@](C)(CC(=O)C(C)C(C)=N)c1cc(-c2ccc(Cl)s2)cs1. The van der Waals surface area contributed by atoms with E-state index in [1.807, 2.05) is 25.1 Å². The third-order valence-corrected chi connectivity index (χ3v) is 6.63. The van der Waals surface area contributed by atoms with Gasteiger partial charge < -0.3 is 5.41 Å². The van der Waals surface area contributed by atoms with Gasteiger partial charge in [0.1, 0.15) is 5.78 Å². The van der Waals surface area contributed by atoms with E-state index < -0.39 is 5.41 Å². The van der Waals surface area contributed by atoms with Gasteiger partial charge in [-0.3, -0.25) is 4.79 Å². The Morgan fingerprint density at radius 1 is 1.52 bits per heavy atom. The highest BCUT2D eigenvalue weighted by Crippen LogP contribution is 2.40. The van der Waals surface area contributed by atoms with Crippen molar-refractivity contribution in [3.05, 3.63) is 45.4 Å². The van der Waals surface area contributed by atoms with Gasteiger partial charge in [-0.2, -0.15) is 0 Å². The zero-order chi connectivity index (χ0) is 17.2. The van der Waals surface area contributed by atoms with Crippen LogP contribution in [0.5, 0.6) is 0 Å². The second-order valence-electron chi connectivity index (χ2n) is 5.97. The monoisotopic (exact) mass is 365 g/mol. The molecule has 0 aromatic carbocycles. The number of hydrogen-bond donors (Lipinski definition) is 1. The molecule has 0 amide bonds. The zero-order valence-electron chi connectivity index (χ0n) is 13.5. The van der Waals surface area contributed by atoms with Gasteiger partial charge in [-0.25, -0.2) is 0 Å². The van der Waals surface area contributed by atoms with Crippen molar-refractivity contribution >= 4 is 45.8 Å². The minimum atomic E-state index is -0.412. The summed E-state index contributed by atoms with van der Waals surface area (Å²) in [5.74, 6) is -0.265. The molecule has 0 radical (unpaired) electrons. The average Bonchev–Trinajstić information content (AvgIpc) is 3.14. The lowest BCUT2D eigenvalue weighted by atomic mass is 9.80. The summed E-state index contributed by atoms with van der Waals surface area (Å²) in [4.78, 5) is 14.6.